The number of rotatable bonds is 4. The topological polar surface area (TPSA) is 99.9 Å². The second kappa shape index (κ2) is 4.53. The van der Waals surface area contributed by atoms with E-state index in [0.29, 0.717) is 12.4 Å². The van der Waals surface area contributed by atoms with Gasteiger partial charge in [0.05, 0.1) is 6.54 Å². The fourth-order valence-electron chi connectivity index (χ4n) is 1.48. The molecule has 2 aromatic rings. The summed E-state index contributed by atoms with van der Waals surface area (Å²) in [5.41, 5.74) is 0. The van der Waals surface area contributed by atoms with E-state index in [0.717, 1.165) is 0 Å². The predicted octanol–water partition coefficient (Wildman–Crippen LogP) is 1.21. The van der Waals surface area contributed by atoms with E-state index in [1.807, 2.05) is 0 Å². The molecular formula is C8H9N5O3S. The lowest BCUT2D eigenvalue weighted by molar-refractivity contribution is -0.392. The van der Waals surface area contributed by atoms with Crippen molar-refractivity contribution in [1.82, 2.24) is 19.7 Å². The normalized spacial score (nSPS) is 12.6. The van der Waals surface area contributed by atoms with Crippen molar-refractivity contribution < 1.29 is 9.34 Å². The summed E-state index contributed by atoms with van der Waals surface area (Å²) >= 11 is 4.28. The minimum absolute atomic E-state index is 0.0823. The van der Waals surface area contributed by atoms with Gasteiger partial charge in [0.1, 0.15) is 6.20 Å². The fourth-order valence-corrected chi connectivity index (χ4v) is 1.80. The molecule has 0 amide bonds. The zero-order valence-electron chi connectivity index (χ0n) is 8.85. The van der Waals surface area contributed by atoms with Gasteiger partial charge < -0.3 is 14.5 Å². The predicted molar refractivity (Wildman–Crippen MR) is 59.7 cm³/mol. The Morgan fingerprint density at radius 3 is 3.00 bits per heavy atom. The maximum atomic E-state index is 10.8. The van der Waals surface area contributed by atoms with Crippen LogP contribution in [0.1, 0.15) is 23.9 Å². The van der Waals surface area contributed by atoms with Crippen LogP contribution < -0.4 is 0 Å². The largest absolute Gasteiger partial charge is 0.426 e. The second-order valence-electron chi connectivity index (χ2n) is 3.16. The van der Waals surface area contributed by atoms with Crippen LogP contribution >= 0.6 is 12.6 Å². The highest BCUT2D eigenvalue weighted by Crippen LogP contribution is 2.28. The second-order valence-corrected chi connectivity index (χ2v) is 3.67. The summed E-state index contributed by atoms with van der Waals surface area (Å²) in [6, 6.07) is 0. The molecule has 0 saturated heterocycles. The van der Waals surface area contributed by atoms with E-state index in [4.69, 9.17) is 4.42 Å². The third-order valence-corrected chi connectivity index (χ3v) is 2.68. The molecule has 2 heterocycles. The lowest BCUT2D eigenvalue weighted by Crippen LogP contribution is -2.08. The van der Waals surface area contributed by atoms with Crippen LogP contribution in [0.5, 0.6) is 0 Å². The molecule has 0 aliphatic heterocycles. The van der Waals surface area contributed by atoms with Crippen LogP contribution in [0.15, 0.2) is 17.0 Å². The summed E-state index contributed by atoms with van der Waals surface area (Å²) in [6.07, 6.45) is 2.37. The Morgan fingerprint density at radius 1 is 1.71 bits per heavy atom. The molecule has 90 valence electrons. The van der Waals surface area contributed by atoms with E-state index < -0.39 is 10.2 Å². The van der Waals surface area contributed by atoms with Gasteiger partial charge in [0.25, 0.3) is 0 Å². The van der Waals surface area contributed by atoms with Crippen LogP contribution in [0.25, 0.3) is 0 Å². The Kier molecular flexibility index (Phi) is 3.09. The smallest absolute Gasteiger partial charge is 0.342 e. The van der Waals surface area contributed by atoms with Crippen molar-refractivity contribution in [3.8, 4) is 0 Å². The molecule has 2 rings (SSSR count). The first kappa shape index (κ1) is 11.6. The Balaban J connectivity index is 2.42. The first-order valence-corrected chi connectivity index (χ1v) is 5.30. The first-order chi connectivity index (χ1) is 8.15. The van der Waals surface area contributed by atoms with E-state index in [-0.39, 0.29) is 11.7 Å². The van der Waals surface area contributed by atoms with Gasteiger partial charge in [0, 0.05) is 0 Å². The summed E-state index contributed by atoms with van der Waals surface area (Å²) < 4.78 is 6.44. The van der Waals surface area contributed by atoms with Gasteiger partial charge in [0.2, 0.25) is 18.1 Å². The monoisotopic (exact) mass is 255 g/mol. The average molecular weight is 255 g/mol. The van der Waals surface area contributed by atoms with Gasteiger partial charge in [-0.05, 0) is 11.8 Å². The molecule has 0 aliphatic carbocycles. The number of thiol groups is 1. The molecule has 1 unspecified atom stereocenters. The van der Waals surface area contributed by atoms with Crippen LogP contribution in [0, 0.1) is 10.1 Å². The van der Waals surface area contributed by atoms with E-state index in [2.05, 4.69) is 27.8 Å². The van der Waals surface area contributed by atoms with E-state index in [1.165, 1.54) is 17.2 Å². The Morgan fingerprint density at radius 2 is 2.47 bits per heavy atom. The maximum absolute atomic E-state index is 10.8. The van der Waals surface area contributed by atoms with Crippen molar-refractivity contribution in [2.24, 2.45) is 0 Å². The van der Waals surface area contributed by atoms with Crippen LogP contribution in [0.3, 0.4) is 0 Å². The molecule has 0 saturated carbocycles. The number of imidazole rings is 1. The molecule has 0 aliphatic rings. The Hall–Kier alpha value is -1.90. The van der Waals surface area contributed by atoms with Crippen LogP contribution in [0.2, 0.25) is 0 Å². The Labute approximate surface area is 101 Å². The number of nitro groups is 1. The van der Waals surface area contributed by atoms with Crippen molar-refractivity contribution in [3.63, 3.8) is 0 Å². The Bertz CT molecular complexity index is 523. The molecule has 0 bridgehead atoms. The van der Waals surface area contributed by atoms with Gasteiger partial charge in [-0.15, -0.1) is 10.2 Å². The minimum atomic E-state index is -0.578. The minimum Gasteiger partial charge on any atom is -0.426 e. The lowest BCUT2D eigenvalue weighted by atomic mass is 10.4. The average Bonchev–Trinajstić information content (AvgIpc) is 2.96. The molecule has 0 N–H and O–H groups in total. The molecule has 0 fully saturated rings. The number of nitrogens with zero attached hydrogens (tertiary/aromatic N) is 5. The summed E-state index contributed by atoms with van der Waals surface area (Å²) in [6.45, 7) is 2.20. The van der Waals surface area contributed by atoms with Crippen LogP contribution in [0.4, 0.5) is 5.82 Å². The highest BCUT2D eigenvalue weighted by molar-refractivity contribution is 7.80. The van der Waals surface area contributed by atoms with E-state index in [9.17, 15) is 10.1 Å². The van der Waals surface area contributed by atoms with E-state index in [1.54, 1.807) is 6.92 Å². The molecule has 2 aromatic heterocycles. The summed E-state index contributed by atoms with van der Waals surface area (Å²) in [7, 11) is 0. The van der Waals surface area contributed by atoms with Gasteiger partial charge in [-0.25, -0.2) is 9.55 Å². The fraction of sp³-hybridized carbons (Fsp3) is 0.375. The summed E-state index contributed by atoms with van der Waals surface area (Å²) in [5, 5.41) is 17.4. The van der Waals surface area contributed by atoms with Gasteiger partial charge in [0.15, 0.2) is 5.25 Å². The summed E-state index contributed by atoms with van der Waals surface area (Å²) in [4.78, 5) is 14.3. The van der Waals surface area contributed by atoms with Gasteiger partial charge in [-0.2, -0.15) is 12.6 Å². The van der Waals surface area contributed by atoms with Crippen molar-refractivity contribution >= 4 is 18.4 Å². The van der Waals surface area contributed by atoms with Gasteiger partial charge in [-0.1, -0.05) is 0 Å². The number of hydrogen-bond donors (Lipinski definition) is 1. The zero-order valence-corrected chi connectivity index (χ0v) is 9.74. The molecular weight excluding hydrogens is 246 g/mol. The standard InChI is InChI=1S/C8H9N5O3S/c1-2-12-5(13(14)15)3-9-7(12)6(17)8-11-10-4-16-8/h3-4,6,17H,2H2,1H3. The number of aromatic nitrogens is 4. The van der Waals surface area contributed by atoms with Crippen LogP contribution in [-0.2, 0) is 6.54 Å². The lowest BCUT2D eigenvalue weighted by Gasteiger charge is -2.04. The van der Waals surface area contributed by atoms with Crippen molar-refractivity contribution in [2.45, 2.75) is 18.7 Å². The molecule has 1 atom stereocenters. The molecule has 9 heteroatoms. The van der Waals surface area contributed by atoms with E-state index >= 15 is 0 Å². The van der Waals surface area contributed by atoms with Crippen molar-refractivity contribution in [2.75, 3.05) is 0 Å². The molecule has 0 radical (unpaired) electrons. The number of hydrogen-bond acceptors (Lipinski definition) is 7. The highest BCUT2D eigenvalue weighted by Gasteiger charge is 2.27. The third kappa shape index (κ3) is 2.00. The van der Waals surface area contributed by atoms with Gasteiger partial charge >= 0.3 is 5.82 Å². The van der Waals surface area contributed by atoms with Gasteiger partial charge in [-0.3, -0.25) is 0 Å². The summed E-state index contributed by atoms with van der Waals surface area (Å²) in [5.74, 6) is 0.580. The quantitative estimate of drug-likeness (QED) is 0.500. The van der Waals surface area contributed by atoms with Crippen molar-refractivity contribution in [1.29, 1.82) is 0 Å². The van der Waals surface area contributed by atoms with Crippen LogP contribution in [-0.4, -0.2) is 24.7 Å². The highest BCUT2D eigenvalue weighted by atomic mass is 32.1. The molecule has 8 nitrogen and oxygen atoms in total. The third-order valence-electron chi connectivity index (χ3n) is 2.22. The first-order valence-electron chi connectivity index (χ1n) is 4.79. The maximum Gasteiger partial charge on any atom is 0.342 e. The zero-order chi connectivity index (χ0) is 12.4. The molecule has 0 aromatic carbocycles. The van der Waals surface area contributed by atoms with Crippen molar-refractivity contribution in [3.05, 3.63) is 34.4 Å². The molecule has 17 heavy (non-hydrogen) atoms. The molecule has 0 spiro atoms. The SMILES string of the molecule is CCn1c([N+](=O)[O-])cnc1C(S)c1nnco1.